The summed E-state index contributed by atoms with van der Waals surface area (Å²) in [6.07, 6.45) is 7.10. The Hall–Kier alpha value is -1.90. The molecule has 0 amide bonds. The van der Waals surface area contributed by atoms with Crippen molar-refractivity contribution in [1.29, 1.82) is 0 Å². The molecule has 0 saturated carbocycles. The molecule has 0 aromatic carbocycles. The summed E-state index contributed by atoms with van der Waals surface area (Å²) in [6.45, 7) is 13.3. The Morgan fingerprint density at radius 2 is 2.20 bits per heavy atom. The van der Waals surface area contributed by atoms with Gasteiger partial charge >= 0.3 is 0 Å². The number of nitrogens with zero attached hydrogens (tertiary/aromatic N) is 3. The van der Waals surface area contributed by atoms with E-state index < -0.39 is 0 Å². The molecule has 2 heterocycles. The molecule has 20 heavy (non-hydrogen) atoms. The van der Waals surface area contributed by atoms with Crippen LogP contribution in [0.3, 0.4) is 0 Å². The minimum atomic E-state index is 0.0946. The first kappa shape index (κ1) is 14.5. The summed E-state index contributed by atoms with van der Waals surface area (Å²) in [7, 11) is 0. The van der Waals surface area contributed by atoms with E-state index in [4.69, 9.17) is 0 Å². The van der Waals surface area contributed by atoms with Crippen LogP contribution in [-0.2, 0) is 6.42 Å². The summed E-state index contributed by atoms with van der Waals surface area (Å²) in [4.78, 5) is 10.9. The Balaban J connectivity index is 2.38. The highest BCUT2D eigenvalue weighted by Gasteiger charge is 2.24. The molecule has 3 heteroatoms. The highest BCUT2D eigenvalue weighted by molar-refractivity contribution is 5.58. The largest absolute Gasteiger partial charge is 0.310 e. The second-order valence-corrected chi connectivity index (χ2v) is 6.04. The van der Waals surface area contributed by atoms with Crippen LogP contribution in [-0.4, -0.2) is 18.2 Å². The number of aromatic nitrogens is 1. The van der Waals surface area contributed by atoms with Crippen molar-refractivity contribution in [1.82, 2.24) is 4.98 Å². The molecular weight excluding hydrogens is 246 g/mol. The van der Waals surface area contributed by atoms with Crippen LogP contribution in [0, 0.1) is 5.41 Å². The van der Waals surface area contributed by atoms with Crippen LogP contribution in [0.25, 0.3) is 0 Å². The zero-order valence-electron chi connectivity index (χ0n) is 12.8. The topological polar surface area (TPSA) is 28.5 Å². The number of allylic oxidation sites excluding steroid dienone is 3. The molecule has 3 nitrogen and oxygen atoms in total. The molecule has 1 aromatic rings. The first-order valence-electron chi connectivity index (χ1n) is 7.04. The van der Waals surface area contributed by atoms with Crippen LogP contribution in [0.15, 0.2) is 46.9 Å². The van der Waals surface area contributed by atoms with Gasteiger partial charge in [0.25, 0.3) is 0 Å². The van der Waals surface area contributed by atoms with Crippen LogP contribution in [0.5, 0.6) is 0 Å². The van der Waals surface area contributed by atoms with Crippen LogP contribution < -0.4 is 4.90 Å². The molecule has 1 aliphatic rings. The van der Waals surface area contributed by atoms with Crippen molar-refractivity contribution in [2.24, 2.45) is 10.4 Å². The minimum Gasteiger partial charge on any atom is -0.310 e. The molecule has 106 valence electrons. The molecule has 0 atom stereocenters. The molecule has 0 fully saturated rings. The number of anilines is 1. The van der Waals surface area contributed by atoms with Gasteiger partial charge in [0, 0.05) is 12.7 Å². The van der Waals surface area contributed by atoms with E-state index in [1.54, 1.807) is 0 Å². The van der Waals surface area contributed by atoms with Gasteiger partial charge in [-0.15, -0.1) is 0 Å². The molecule has 2 rings (SSSR count). The van der Waals surface area contributed by atoms with E-state index in [1.807, 2.05) is 12.3 Å². The molecule has 0 spiro atoms. The second-order valence-electron chi connectivity index (χ2n) is 6.04. The normalized spacial score (nSPS) is 16.3. The minimum absolute atomic E-state index is 0.0946. The summed E-state index contributed by atoms with van der Waals surface area (Å²) < 4.78 is 0. The highest BCUT2D eigenvalue weighted by atomic mass is 15.3. The number of fused-ring (bicyclic) bond motifs is 1. The zero-order chi connectivity index (χ0) is 14.8. The van der Waals surface area contributed by atoms with Crippen LogP contribution in [0.4, 0.5) is 5.82 Å². The number of rotatable bonds is 3. The van der Waals surface area contributed by atoms with Crippen LogP contribution >= 0.6 is 0 Å². The third-order valence-corrected chi connectivity index (χ3v) is 3.63. The summed E-state index contributed by atoms with van der Waals surface area (Å²) in [5.74, 6) is 1.89. The van der Waals surface area contributed by atoms with Gasteiger partial charge in [0.2, 0.25) is 0 Å². The lowest BCUT2D eigenvalue weighted by atomic mass is 9.86. The molecule has 0 radical (unpaired) electrons. The molecule has 0 aliphatic carbocycles. The molecular formula is C17H23N3. The fourth-order valence-electron chi connectivity index (χ4n) is 2.51. The summed E-state index contributed by atoms with van der Waals surface area (Å²) >= 11 is 0. The van der Waals surface area contributed by atoms with Crippen molar-refractivity contribution in [3.05, 3.63) is 47.4 Å². The van der Waals surface area contributed by atoms with Crippen molar-refractivity contribution in [3.63, 3.8) is 0 Å². The predicted octanol–water partition coefficient (Wildman–Crippen LogP) is 3.98. The van der Waals surface area contributed by atoms with E-state index in [2.05, 4.69) is 67.5 Å². The number of aliphatic imine (C=N–C) groups is 1. The summed E-state index contributed by atoms with van der Waals surface area (Å²) in [5.41, 5.74) is 2.63. The first-order valence-corrected chi connectivity index (χ1v) is 7.04. The van der Waals surface area contributed by atoms with Gasteiger partial charge in [-0.3, -0.25) is 0 Å². The van der Waals surface area contributed by atoms with Gasteiger partial charge < -0.3 is 4.90 Å². The summed E-state index contributed by atoms with van der Waals surface area (Å²) in [5, 5.41) is 0. The highest BCUT2D eigenvalue weighted by Crippen LogP contribution is 2.32. The van der Waals surface area contributed by atoms with E-state index in [1.165, 1.54) is 11.1 Å². The first-order chi connectivity index (χ1) is 9.47. The van der Waals surface area contributed by atoms with Gasteiger partial charge in [0.15, 0.2) is 0 Å². The lowest BCUT2D eigenvalue weighted by molar-refractivity contribution is 0.515. The Labute approximate surface area is 121 Å². The average molecular weight is 269 g/mol. The fourth-order valence-corrected chi connectivity index (χ4v) is 2.51. The standard InChI is InChI=1S/C17H23N3/c1-6-14(17(2,3)4)12-15(18-5)20-11-9-13-8-7-10-19-16(13)20/h6-8,10,12H,5,9,11H2,1-4H3/b14-6+,15-12+. The van der Waals surface area contributed by atoms with Crippen molar-refractivity contribution in [2.75, 3.05) is 11.4 Å². The second kappa shape index (κ2) is 5.61. The number of hydrogen-bond acceptors (Lipinski definition) is 3. The molecule has 0 bridgehead atoms. The maximum Gasteiger partial charge on any atom is 0.137 e. The Kier molecular flexibility index (Phi) is 4.07. The number of hydrogen-bond donors (Lipinski definition) is 0. The monoisotopic (exact) mass is 269 g/mol. The van der Waals surface area contributed by atoms with E-state index in [9.17, 15) is 0 Å². The van der Waals surface area contributed by atoms with Gasteiger partial charge in [-0.2, -0.15) is 0 Å². The maximum absolute atomic E-state index is 4.48. The molecule has 0 unspecified atom stereocenters. The summed E-state index contributed by atoms with van der Waals surface area (Å²) in [6, 6.07) is 4.11. The van der Waals surface area contributed by atoms with E-state index >= 15 is 0 Å². The Bertz CT molecular complexity index is 562. The predicted molar refractivity (Wildman–Crippen MR) is 86.1 cm³/mol. The van der Waals surface area contributed by atoms with Crippen LogP contribution in [0.1, 0.15) is 33.3 Å². The Morgan fingerprint density at radius 3 is 2.80 bits per heavy atom. The third-order valence-electron chi connectivity index (χ3n) is 3.63. The van der Waals surface area contributed by atoms with Gasteiger partial charge in [-0.25, -0.2) is 9.98 Å². The van der Waals surface area contributed by atoms with E-state index in [-0.39, 0.29) is 5.41 Å². The fraction of sp³-hybridized carbons (Fsp3) is 0.412. The molecule has 0 N–H and O–H groups in total. The van der Waals surface area contributed by atoms with Crippen molar-refractivity contribution in [3.8, 4) is 0 Å². The van der Waals surface area contributed by atoms with E-state index in [0.717, 1.165) is 24.6 Å². The van der Waals surface area contributed by atoms with E-state index in [0.29, 0.717) is 0 Å². The van der Waals surface area contributed by atoms with Crippen molar-refractivity contribution in [2.45, 2.75) is 34.1 Å². The lowest BCUT2D eigenvalue weighted by Crippen LogP contribution is -2.20. The Morgan fingerprint density at radius 1 is 1.45 bits per heavy atom. The van der Waals surface area contributed by atoms with Crippen LogP contribution in [0.2, 0.25) is 0 Å². The molecule has 0 saturated heterocycles. The molecule has 1 aliphatic heterocycles. The lowest BCUT2D eigenvalue weighted by Gasteiger charge is -2.24. The van der Waals surface area contributed by atoms with Crippen molar-refractivity contribution >= 4 is 12.5 Å². The smallest absolute Gasteiger partial charge is 0.137 e. The van der Waals surface area contributed by atoms with Gasteiger partial charge in [-0.1, -0.05) is 32.9 Å². The third kappa shape index (κ3) is 2.82. The SMILES string of the molecule is C=N/C(=C\C(=C/C)C(C)(C)C)N1CCc2cccnc21. The van der Waals surface area contributed by atoms with Gasteiger partial charge in [0.1, 0.15) is 11.6 Å². The number of pyridine rings is 1. The quantitative estimate of drug-likeness (QED) is 0.613. The van der Waals surface area contributed by atoms with Crippen molar-refractivity contribution < 1.29 is 0 Å². The maximum atomic E-state index is 4.48. The van der Waals surface area contributed by atoms with Gasteiger partial charge in [0.05, 0.1) is 0 Å². The average Bonchev–Trinajstić information content (AvgIpc) is 2.83. The van der Waals surface area contributed by atoms with Gasteiger partial charge in [-0.05, 0) is 48.8 Å². The molecule has 1 aromatic heterocycles. The zero-order valence-corrected chi connectivity index (χ0v) is 12.8.